The Morgan fingerprint density at radius 1 is 1.29 bits per heavy atom. The average Bonchev–Trinajstić information content (AvgIpc) is 3.22. The van der Waals surface area contributed by atoms with Crippen LogP contribution in [0.4, 0.5) is 14.5 Å². The molecule has 0 radical (unpaired) electrons. The van der Waals surface area contributed by atoms with Gasteiger partial charge in [0.15, 0.2) is 11.6 Å². The number of nitrogen functional groups attached to an aromatic ring is 1. The summed E-state index contributed by atoms with van der Waals surface area (Å²) in [7, 11) is 0. The van der Waals surface area contributed by atoms with Crippen LogP contribution < -0.4 is 5.73 Å². The third-order valence-electron chi connectivity index (χ3n) is 3.37. The molecule has 3 rings (SSSR count). The highest BCUT2D eigenvalue weighted by molar-refractivity contribution is 5.89. The molecule has 1 aromatic carbocycles. The monoisotopic (exact) mass is 292 g/mol. The molecule has 0 spiro atoms. The molecule has 2 N–H and O–H groups in total. The predicted octanol–water partition coefficient (Wildman–Crippen LogP) is 3.04. The second-order valence-corrected chi connectivity index (χ2v) is 5.12. The van der Waals surface area contributed by atoms with Gasteiger partial charge in [0, 0.05) is 12.2 Å². The highest BCUT2D eigenvalue weighted by atomic mass is 19.2. The van der Waals surface area contributed by atoms with Crippen molar-refractivity contribution in [1.29, 1.82) is 0 Å². The molecule has 0 bridgehead atoms. The van der Waals surface area contributed by atoms with Crippen molar-refractivity contribution in [3.63, 3.8) is 0 Å². The highest BCUT2D eigenvalue weighted by Gasteiger charge is 2.28. The summed E-state index contributed by atoms with van der Waals surface area (Å²) >= 11 is 0. The molecule has 21 heavy (non-hydrogen) atoms. The zero-order chi connectivity index (χ0) is 15.0. The fourth-order valence-electron chi connectivity index (χ4n) is 2.17. The van der Waals surface area contributed by atoms with Gasteiger partial charge in [0.1, 0.15) is 12.3 Å². The third-order valence-corrected chi connectivity index (χ3v) is 3.37. The van der Waals surface area contributed by atoms with Crippen LogP contribution in [0.3, 0.4) is 0 Å². The van der Waals surface area contributed by atoms with Crippen molar-refractivity contribution < 1.29 is 18.3 Å². The molecule has 1 fully saturated rings. The molecule has 2 aromatic rings. The van der Waals surface area contributed by atoms with E-state index >= 15 is 0 Å². The van der Waals surface area contributed by atoms with E-state index in [9.17, 15) is 13.6 Å². The van der Waals surface area contributed by atoms with Crippen LogP contribution in [0.5, 0.6) is 0 Å². The van der Waals surface area contributed by atoms with Crippen LogP contribution in [0, 0.1) is 11.6 Å². The zero-order valence-corrected chi connectivity index (χ0v) is 11.2. The largest absolute Gasteiger partial charge is 0.456 e. The molecular weight excluding hydrogens is 278 g/mol. The van der Waals surface area contributed by atoms with Crippen molar-refractivity contribution in [3.8, 4) is 0 Å². The van der Waals surface area contributed by atoms with Crippen LogP contribution in [-0.2, 0) is 11.3 Å². The van der Waals surface area contributed by atoms with Gasteiger partial charge in [0.2, 0.25) is 0 Å². The summed E-state index contributed by atoms with van der Waals surface area (Å²) in [6.07, 6.45) is 3.74. The van der Waals surface area contributed by atoms with Gasteiger partial charge in [-0.05, 0) is 36.6 Å². The lowest BCUT2D eigenvalue weighted by Gasteiger charge is -2.08. The lowest BCUT2D eigenvalue weighted by atomic mass is 10.2. The van der Waals surface area contributed by atoms with Gasteiger partial charge >= 0.3 is 5.97 Å². The standard InChI is InChI=1S/C15H14F2N2O2/c16-12-4-1-9(5-13(12)17)8-21-15(20)14-6-10(18)7-19(14)11-2-3-11/h1,4-7,11H,2-3,8,18H2. The van der Waals surface area contributed by atoms with Crippen LogP contribution in [0.1, 0.15) is 34.9 Å². The van der Waals surface area contributed by atoms with E-state index in [1.165, 1.54) is 6.07 Å². The third kappa shape index (κ3) is 2.89. The quantitative estimate of drug-likeness (QED) is 0.881. The topological polar surface area (TPSA) is 57.3 Å². The number of rotatable bonds is 4. The van der Waals surface area contributed by atoms with E-state index < -0.39 is 17.6 Å². The summed E-state index contributed by atoms with van der Waals surface area (Å²) in [5, 5.41) is 0. The lowest BCUT2D eigenvalue weighted by molar-refractivity contribution is 0.0459. The number of nitrogens with zero attached hydrogens (tertiary/aromatic N) is 1. The number of anilines is 1. The Hall–Kier alpha value is -2.37. The molecule has 1 heterocycles. The molecule has 1 aromatic heterocycles. The smallest absolute Gasteiger partial charge is 0.355 e. The van der Waals surface area contributed by atoms with Crippen molar-refractivity contribution in [1.82, 2.24) is 4.57 Å². The molecule has 110 valence electrons. The van der Waals surface area contributed by atoms with Gasteiger partial charge in [0.25, 0.3) is 0 Å². The first-order chi connectivity index (χ1) is 10.0. The SMILES string of the molecule is Nc1cc(C(=O)OCc2ccc(F)c(F)c2)n(C2CC2)c1. The summed E-state index contributed by atoms with van der Waals surface area (Å²) < 4.78 is 32.8. The molecule has 6 heteroatoms. The van der Waals surface area contributed by atoms with Crippen LogP contribution in [0.25, 0.3) is 0 Å². The summed E-state index contributed by atoms with van der Waals surface area (Å²) in [6, 6.07) is 5.25. The minimum Gasteiger partial charge on any atom is -0.456 e. The molecule has 1 saturated carbocycles. The predicted molar refractivity (Wildman–Crippen MR) is 72.6 cm³/mol. The zero-order valence-electron chi connectivity index (χ0n) is 11.2. The molecule has 0 unspecified atom stereocenters. The van der Waals surface area contributed by atoms with Gasteiger partial charge in [-0.2, -0.15) is 0 Å². The highest BCUT2D eigenvalue weighted by Crippen LogP contribution is 2.37. The Balaban J connectivity index is 1.70. The number of benzene rings is 1. The van der Waals surface area contributed by atoms with Crippen molar-refractivity contribution in [3.05, 3.63) is 53.4 Å². The molecule has 1 aliphatic rings. The Morgan fingerprint density at radius 2 is 2.05 bits per heavy atom. The summed E-state index contributed by atoms with van der Waals surface area (Å²) in [5.41, 5.74) is 6.98. The molecule has 0 aliphatic heterocycles. The van der Waals surface area contributed by atoms with Gasteiger partial charge in [-0.15, -0.1) is 0 Å². The number of hydrogen-bond donors (Lipinski definition) is 1. The Bertz CT molecular complexity index is 693. The lowest BCUT2D eigenvalue weighted by Crippen LogP contribution is -2.11. The maximum Gasteiger partial charge on any atom is 0.355 e. The minimum absolute atomic E-state index is 0.119. The number of ether oxygens (including phenoxy) is 1. The van der Waals surface area contributed by atoms with E-state index in [-0.39, 0.29) is 6.61 Å². The van der Waals surface area contributed by atoms with E-state index in [2.05, 4.69) is 0 Å². The molecular formula is C15H14F2N2O2. The van der Waals surface area contributed by atoms with Crippen LogP contribution >= 0.6 is 0 Å². The van der Waals surface area contributed by atoms with Crippen molar-refractivity contribution in [2.75, 3.05) is 5.73 Å². The number of halogens is 2. The fraction of sp³-hybridized carbons (Fsp3) is 0.267. The number of carbonyl (C=O) groups excluding carboxylic acids is 1. The fourth-order valence-corrected chi connectivity index (χ4v) is 2.17. The number of hydrogen-bond acceptors (Lipinski definition) is 3. The van der Waals surface area contributed by atoms with Crippen LogP contribution in [0.2, 0.25) is 0 Å². The molecule has 4 nitrogen and oxygen atoms in total. The van der Waals surface area contributed by atoms with Gasteiger partial charge in [-0.3, -0.25) is 0 Å². The van der Waals surface area contributed by atoms with E-state index in [1.807, 2.05) is 4.57 Å². The van der Waals surface area contributed by atoms with Crippen molar-refractivity contribution in [2.24, 2.45) is 0 Å². The molecule has 0 amide bonds. The van der Waals surface area contributed by atoms with Crippen LogP contribution in [0.15, 0.2) is 30.5 Å². The Kier molecular flexibility index (Phi) is 3.37. The average molecular weight is 292 g/mol. The van der Waals surface area contributed by atoms with Gasteiger partial charge in [0.05, 0.1) is 5.69 Å². The van der Waals surface area contributed by atoms with E-state index in [0.717, 1.165) is 25.0 Å². The first-order valence-corrected chi connectivity index (χ1v) is 6.63. The van der Waals surface area contributed by atoms with Gasteiger partial charge < -0.3 is 15.0 Å². The second-order valence-electron chi connectivity index (χ2n) is 5.12. The number of aromatic nitrogens is 1. The number of nitrogens with two attached hydrogens (primary N) is 1. The van der Waals surface area contributed by atoms with Crippen molar-refractivity contribution >= 4 is 11.7 Å². The molecule has 0 atom stereocenters. The summed E-state index contributed by atoms with van der Waals surface area (Å²) in [5.74, 6) is -2.42. The summed E-state index contributed by atoms with van der Waals surface area (Å²) in [4.78, 5) is 12.1. The second kappa shape index (κ2) is 5.20. The van der Waals surface area contributed by atoms with Crippen LogP contribution in [-0.4, -0.2) is 10.5 Å². The maximum absolute atomic E-state index is 13.1. The first-order valence-electron chi connectivity index (χ1n) is 6.63. The summed E-state index contributed by atoms with van der Waals surface area (Å²) in [6.45, 7) is -0.119. The van der Waals surface area contributed by atoms with Gasteiger partial charge in [-0.1, -0.05) is 6.07 Å². The first kappa shape index (κ1) is 13.6. The number of esters is 1. The van der Waals surface area contributed by atoms with E-state index in [1.54, 1.807) is 12.3 Å². The van der Waals surface area contributed by atoms with Crippen molar-refractivity contribution in [2.45, 2.75) is 25.5 Å². The number of carbonyl (C=O) groups is 1. The molecule has 0 saturated heterocycles. The van der Waals surface area contributed by atoms with E-state index in [4.69, 9.17) is 10.5 Å². The minimum atomic E-state index is -0.964. The Morgan fingerprint density at radius 3 is 2.71 bits per heavy atom. The molecule has 1 aliphatic carbocycles. The Labute approximate surface area is 120 Å². The normalized spacial score (nSPS) is 14.2. The van der Waals surface area contributed by atoms with Gasteiger partial charge in [-0.25, -0.2) is 13.6 Å². The van der Waals surface area contributed by atoms with E-state index in [0.29, 0.717) is 23.0 Å². The maximum atomic E-state index is 13.1.